The van der Waals surface area contributed by atoms with Crippen LogP contribution in [0.25, 0.3) is 0 Å². The molecule has 0 aliphatic rings. The van der Waals surface area contributed by atoms with Gasteiger partial charge in [-0.05, 0) is 50.1 Å². The summed E-state index contributed by atoms with van der Waals surface area (Å²) < 4.78 is 32.3. The van der Waals surface area contributed by atoms with Crippen LogP contribution in [0.5, 0.6) is 5.75 Å². The molecule has 0 bridgehead atoms. The number of ether oxygens (including phenoxy) is 1. The van der Waals surface area contributed by atoms with Crippen LogP contribution in [0, 0.1) is 17.0 Å². The lowest BCUT2D eigenvalue weighted by atomic mass is 10.2. The van der Waals surface area contributed by atoms with Gasteiger partial charge in [-0.25, -0.2) is 12.7 Å². The van der Waals surface area contributed by atoms with Crippen molar-refractivity contribution in [1.29, 1.82) is 0 Å². The monoisotopic (exact) mass is 448 g/mol. The third-order valence-corrected chi connectivity index (χ3v) is 6.11. The Morgan fingerprint density at radius 1 is 1.03 bits per heavy atom. The molecule has 0 saturated heterocycles. The zero-order valence-corrected chi connectivity index (χ0v) is 18.3. The second kappa shape index (κ2) is 10.2. The summed E-state index contributed by atoms with van der Waals surface area (Å²) in [5, 5.41) is 11.2. The van der Waals surface area contributed by atoms with E-state index in [9.17, 15) is 28.1 Å². The molecule has 0 spiro atoms. The fourth-order valence-electron chi connectivity index (χ4n) is 2.82. The number of carbonyl (C=O) groups excluding carboxylic acids is 2. The molecule has 1 amide bonds. The molecule has 0 atom stereocenters. The summed E-state index contributed by atoms with van der Waals surface area (Å²) in [4.78, 5) is 34.6. The fourth-order valence-corrected chi connectivity index (χ4v) is 4.29. The number of carbonyl (C=O) groups is 2. The maximum atomic E-state index is 13.3. The molecule has 0 aliphatic heterocycles. The minimum Gasteiger partial charge on any atom is -0.427 e. The molecule has 2 aromatic rings. The van der Waals surface area contributed by atoms with Gasteiger partial charge in [-0.2, -0.15) is 0 Å². The van der Waals surface area contributed by atoms with E-state index in [1.54, 1.807) is 6.92 Å². The predicted molar refractivity (Wildman–Crippen MR) is 114 cm³/mol. The molecule has 10 heteroatoms. The topological polar surface area (TPSA) is 124 Å². The Hall–Kier alpha value is -3.27. The normalized spacial score (nSPS) is 11.1. The first-order valence-electron chi connectivity index (χ1n) is 9.75. The van der Waals surface area contributed by atoms with Crippen LogP contribution in [0.15, 0.2) is 47.4 Å². The molecule has 9 nitrogen and oxygen atoms in total. The van der Waals surface area contributed by atoms with Crippen LogP contribution in [-0.2, 0) is 19.6 Å². The predicted octanol–water partition coefficient (Wildman–Crippen LogP) is 4.13. The number of nitrogens with zero attached hydrogens (tertiary/aromatic N) is 2. The van der Waals surface area contributed by atoms with Crippen LogP contribution in [0.4, 0.5) is 11.4 Å². The summed E-state index contributed by atoms with van der Waals surface area (Å²) in [6.45, 7) is 5.06. The van der Waals surface area contributed by atoms with Crippen LogP contribution in [-0.4, -0.2) is 25.2 Å². The van der Waals surface area contributed by atoms with Crippen LogP contribution >= 0.6 is 0 Å². The van der Waals surface area contributed by atoms with E-state index >= 15 is 0 Å². The van der Waals surface area contributed by atoms with Gasteiger partial charge < -0.3 is 4.74 Å². The number of anilines is 1. The summed E-state index contributed by atoms with van der Waals surface area (Å²) in [7, 11) is -4.42. The molecule has 0 aliphatic carbocycles. The minimum absolute atomic E-state index is 0.0389. The van der Waals surface area contributed by atoms with Gasteiger partial charge in [0.05, 0.1) is 15.5 Å². The van der Waals surface area contributed by atoms with E-state index in [0.29, 0.717) is 22.7 Å². The second-order valence-corrected chi connectivity index (χ2v) is 8.62. The van der Waals surface area contributed by atoms with Crippen molar-refractivity contribution < 1.29 is 27.7 Å². The number of aryl methyl sites for hydroxylation is 1. The zero-order valence-electron chi connectivity index (χ0n) is 17.5. The first-order chi connectivity index (χ1) is 14.6. The third kappa shape index (κ3) is 5.66. The van der Waals surface area contributed by atoms with Gasteiger partial charge >= 0.3 is 5.97 Å². The molecule has 0 aromatic heterocycles. The molecule has 0 heterocycles. The summed E-state index contributed by atoms with van der Waals surface area (Å²) in [6, 6.07) is 8.97. The smallest absolute Gasteiger partial charge is 0.311 e. The van der Waals surface area contributed by atoms with E-state index in [2.05, 4.69) is 0 Å². The van der Waals surface area contributed by atoms with Gasteiger partial charge in [0.2, 0.25) is 5.91 Å². The fraction of sp³-hybridized carbons (Fsp3) is 0.333. The average Bonchev–Trinajstić information content (AvgIpc) is 2.69. The molecule has 2 rings (SSSR count). The Balaban J connectivity index is 2.49. The van der Waals surface area contributed by atoms with Crippen molar-refractivity contribution in [2.24, 2.45) is 0 Å². The molecule has 166 valence electrons. The van der Waals surface area contributed by atoms with Gasteiger partial charge in [0, 0.05) is 24.5 Å². The summed E-state index contributed by atoms with van der Waals surface area (Å²) in [5.41, 5.74) is -0.0206. The van der Waals surface area contributed by atoms with Gasteiger partial charge in [0.1, 0.15) is 5.75 Å². The van der Waals surface area contributed by atoms with E-state index < -0.39 is 26.8 Å². The maximum Gasteiger partial charge on any atom is 0.311 e. The Morgan fingerprint density at radius 3 is 2.19 bits per heavy atom. The Kier molecular flexibility index (Phi) is 7.87. The quantitative estimate of drug-likeness (QED) is 0.244. The van der Waals surface area contributed by atoms with E-state index in [1.807, 2.05) is 6.92 Å². The lowest BCUT2D eigenvalue weighted by Gasteiger charge is -2.23. The van der Waals surface area contributed by atoms with Crippen molar-refractivity contribution in [2.75, 3.05) is 4.31 Å². The van der Waals surface area contributed by atoms with Crippen molar-refractivity contribution in [3.63, 3.8) is 0 Å². The summed E-state index contributed by atoms with van der Waals surface area (Å²) in [6.07, 6.45) is 1.23. The van der Waals surface area contributed by atoms with Crippen molar-refractivity contribution in [3.05, 3.63) is 58.1 Å². The molecule has 31 heavy (non-hydrogen) atoms. The lowest BCUT2D eigenvalue weighted by molar-refractivity contribution is -0.385. The highest BCUT2D eigenvalue weighted by molar-refractivity contribution is 7.93. The Labute approximate surface area is 180 Å². The van der Waals surface area contributed by atoms with Crippen molar-refractivity contribution in [3.8, 4) is 5.75 Å². The number of rotatable bonds is 9. The van der Waals surface area contributed by atoms with Crippen LogP contribution in [0.2, 0.25) is 0 Å². The first-order valence-corrected chi connectivity index (χ1v) is 11.2. The Morgan fingerprint density at radius 2 is 1.65 bits per heavy atom. The molecule has 0 N–H and O–H groups in total. The third-order valence-electron chi connectivity index (χ3n) is 4.36. The number of nitro groups is 1. The molecule has 0 unspecified atom stereocenters. The number of amides is 1. The maximum absolute atomic E-state index is 13.3. The second-order valence-electron chi connectivity index (χ2n) is 6.84. The standard InChI is InChI=1S/C21H24N2O7S/c1-4-6-20(24)22(16-9-11-17(12-10-16)30-21(25)7-5-2)31(28,29)18-13-8-15(3)19(14-18)23(26)27/h8-14H,4-7H2,1-3H3. The van der Waals surface area contributed by atoms with Crippen LogP contribution < -0.4 is 9.04 Å². The lowest BCUT2D eigenvalue weighted by Crippen LogP contribution is -2.36. The van der Waals surface area contributed by atoms with Gasteiger partial charge in [-0.3, -0.25) is 19.7 Å². The molecular weight excluding hydrogens is 424 g/mol. The molecule has 0 fully saturated rings. The van der Waals surface area contributed by atoms with E-state index in [4.69, 9.17) is 4.74 Å². The van der Waals surface area contributed by atoms with E-state index in [0.717, 1.165) is 6.07 Å². The van der Waals surface area contributed by atoms with Crippen LogP contribution in [0.3, 0.4) is 0 Å². The van der Waals surface area contributed by atoms with Crippen LogP contribution in [0.1, 0.15) is 45.1 Å². The van der Waals surface area contributed by atoms with Gasteiger partial charge in [0.25, 0.3) is 15.7 Å². The number of esters is 1. The number of sulfonamides is 1. The largest absolute Gasteiger partial charge is 0.427 e. The summed E-state index contributed by atoms with van der Waals surface area (Å²) >= 11 is 0. The summed E-state index contributed by atoms with van der Waals surface area (Å²) in [5.74, 6) is -0.885. The molecule has 0 saturated carbocycles. The highest BCUT2D eigenvalue weighted by atomic mass is 32.2. The molecule has 2 aromatic carbocycles. The van der Waals surface area contributed by atoms with E-state index in [-0.39, 0.29) is 34.9 Å². The minimum atomic E-state index is -4.42. The molecule has 0 radical (unpaired) electrons. The SMILES string of the molecule is CCCC(=O)Oc1ccc(N(C(=O)CCC)S(=O)(=O)c2ccc(C)c([N+](=O)[O-])c2)cc1. The highest BCUT2D eigenvalue weighted by Gasteiger charge is 2.32. The number of hydrogen-bond acceptors (Lipinski definition) is 7. The van der Waals surface area contributed by atoms with Gasteiger partial charge in [0.15, 0.2) is 0 Å². The zero-order chi connectivity index (χ0) is 23.2. The first kappa shape index (κ1) is 24.0. The number of hydrogen-bond donors (Lipinski definition) is 0. The number of nitro benzene ring substituents is 1. The van der Waals surface area contributed by atoms with Gasteiger partial charge in [-0.15, -0.1) is 0 Å². The van der Waals surface area contributed by atoms with Crippen molar-refractivity contribution in [2.45, 2.75) is 51.3 Å². The highest BCUT2D eigenvalue weighted by Crippen LogP contribution is 2.30. The van der Waals surface area contributed by atoms with Crippen molar-refractivity contribution in [1.82, 2.24) is 0 Å². The van der Waals surface area contributed by atoms with Crippen molar-refractivity contribution >= 4 is 33.3 Å². The van der Waals surface area contributed by atoms with E-state index in [1.165, 1.54) is 43.3 Å². The molecular formula is C21H24N2O7S. The Bertz CT molecular complexity index is 1080. The van der Waals surface area contributed by atoms with Gasteiger partial charge in [-0.1, -0.05) is 19.9 Å². The number of benzene rings is 2. The average molecular weight is 448 g/mol.